The molecule has 0 saturated carbocycles. The van der Waals surface area contributed by atoms with Gasteiger partial charge in [0.2, 0.25) is 0 Å². The van der Waals surface area contributed by atoms with E-state index in [-0.39, 0.29) is 49.1 Å². The van der Waals surface area contributed by atoms with Crippen LogP contribution in [0.15, 0.2) is 85.1 Å². The van der Waals surface area contributed by atoms with Gasteiger partial charge in [-0.05, 0) is 83.5 Å². The van der Waals surface area contributed by atoms with Crippen molar-refractivity contribution >= 4 is 17.9 Å². The van der Waals surface area contributed by atoms with Gasteiger partial charge in [0.05, 0.1) is 40.3 Å². The molecule has 2 atom stereocenters. The Morgan fingerprint density at radius 2 is 1.00 bits per heavy atom. The van der Waals surface area contributed by atoms with Crippen molar-refractivity contribution in [1.29, 1.82) is 0 Å². The molecule has 0 aliphatic rings. The molecule has 59 heavy (non-hydrogen) atoms. The zero-order chi connectivity index (χ0) is 43.5. The summed E-state index contributed by atoms with van der Waals surface area (Å²) in [6.07, 6.45) is 53.2. The maximum absolute atomic E-state index is 12.7. The normalized spacial score (nSPS) is 13.7. The Labute approximate surface area is 361 Å². The molecule has 0 bridgehead atoms. The van der Waals surface area contributed by atoms with Crippen LogP contribution in [0, 0.1) is 0 Å². The lowest BCUT2D eigenvalue weighted by Gasteiger charge is -2.34. The van der Waals surface area contributed by atoms with Gasteiger partial charge in [-0.3, -0.25) is 9.59 Å². The van der Waals surface area contributed by atoms with E-state index in [4.69, 9.17) is 14.2 Å². The first-order valence-corrected chi connectivity index (χ1v) is 23.1. The number of rotatable bonds is 40. The Kier molecular flexibility index (Phi) is 38.8. The van der Waals surface area contributed by atoms with Crippen LogP contribution in [0.2, 0.25) is 0 Å². The number of esters is 2. The number of aliphatic carboxylic acids is 1. The van der Waals surface area contributed by atoms with Gasteiger partial charge in [0.1, 0.15) is 12.6 Å². The van der Waals surface area contributed by atoms with Gasteiger partial charge in [-0.15, -0.1) is 0 Å². The lowest BCUT2D eigenvalue weighted by atomic mass is 10.1. The number of carbonyl (C=O) groups excluding carboxylic acids is 3. The summed E-state index contributed by atoms with van der Waals surface area (Å²) in [5.41, 5.74) is 0. The van der Waals surface area contributed by atoms with Crippen LogP contribution in [0.4, 0.5) is 0 Å². The third kappa shape index (κ3) is 39.7. The number of allylic oxidation sites excluding steroid dienone is 14. The number of quaternary nitrogens is 1. The van der Waals surface area contributed by atoms with Crippen LogP contribution in [-0.2, 0) is 28.6 Å². The Hall–Kier alpha value is -3.49. The third-order valence-corrected chi connectivity index (χ3v) is 9.79. The number of nitrogens with zero attached hydrogens (tertiary/aromatic N) is 1. The van der Waals surface area contributed by atoms with E-state index in [0.717, 1.165) is 83.5 Å². The quantitative estimate of drug-likeness (QED) is 0.0199. The average molecular weight is 824 g/mol. The fourth-order valence-electron chi connectivity index (χ4n) is 6.20. The van der Waals surface area contributed by atoms with E-state index in [1.807, 2.05) is 0 Å². The summed E-state index contributed by atoms with van der Waals surface area (Å²) in [7, 11) is 5.38. The highest BCUT2D eigenvalue weighted by atomic mass is 16.6. The van der Waals surface area contributed by atoms with E-state index in [2.05, 4.69) is 98.9 Å². The molecule has 0 aromatic carbocycles. The Bertz CT molecular complexity index is 1240. The minimum Gasteiger partial charge on any atom is -0.544 e. The van der Waals surface area contributed by atoms with Crippen LogP contribution in [0.3, 0.4) is 0 Å². The summed E-state index contributed by atoms with van der Waals surface area (Å²) >= 11 is 0. The van der Waals surface area contributed by atoms with E-state index in [1.165, 1.54) is 44.9 Å². The van der Waals surface area contributed by atoms with Gasteiger partial charge < -0.3 is 28.6 Å². The first kappa shape index (κ1) is 55.5. The minimum atomic E-state index is -1.14. The molecule has 0 aromatic rings. The highest BCUT2D eigenvalue weighted by Crippen LogP contribution is 2.12. The highest BCUT2D eigenvalue weighted by Gasteiger charge is 2.25. The molecule has 336 valence electrons. The lowest BCUT2D eigenvalue weighted by Crippen LogP contribution is -2.55. The van der Waals surface area contributed by atoms with Gasteiger partial charge in [0.15, 0.2) is 6.10 Å². The fraction of sp³-hybridized carbons (Fsp3) is 0.667. The molecule has 0 amide bonds. The van der Waals surface area contributed by atoms with Crippen molar-refractivity contribution in [2.45, 2.75) is 180 Å². The first-order valence-electron chi connectivity index (χ1n) is 23.1. The molecule has 2 unspecified atom stereocenters. The predicted octanol–water partition coefficient (Wildman–Crippen LogP) is 11.6. The van der Waals surface area contributed by atoms with Crippen LogP contribution < -0.4 is 5.11 Å². The monoisotopic (exact) mass is 824 g/mol. The Balaban J connectivity index is 4.45. The maximum Gasteiger partial charge on any atom is 0.306 e. The molecule has 0 heterocycles. The van der Waals surface area contributed by atoms with Crippen molar-refractivity contribution < 1.29 is 38.2 Å². The molecule has 0 N–H and O–H groups in total. The lowest BCUT2D eigenvalue weighted by molar-refractivity contribution is -0.889. The number of ether oxygens (including phenoxy) is 3. The fourth-order valence-corrected chi connectivity index (χ4v) is 6.20. The molecule has 0 aliphatic heterocycles. The molecule has 8 nitrogen and oxygen atoms in total. The minimum absolute atomic E-state index is 0.0137. The van der Waals surface area contributed by atoms with E-state index in [9.17, 15) is 19.5 Å². The van der Waals surface area contributed by atoms with Crippen molar-refractivity contribution in [2.24, 2.45) is 0 Å². The van der Waals surface area contributed by atoms with Gasteiger partial charge in [0.25, 0.3) is 0 Å². The summed E-state index contributed by atoms with van der Waals surface area (Å²) in [6, 6.07) is -0.741. The highest BCUT2D eigenvalue weighted by molar-refractivity contribution is 5.70. The molecular weight excluding hydrogens is 739 g/mol. The number of carboxylic acid groups (broad SMARTS) is 1. The Morgan fingerprint density at radius 1 is 0.542 bits per heavy atom. The SMILES string of the molecule is CC/C=C/C/C=C/C/C=C/C/C=C/C/C=C/CCCCCC(=O)OC(COCCC(C(=O)[O-])[N+](C)(C)C)COC(=O)CCCCC/C=C/C=C/CCCCCCCCC. The maximum atomic E-state index is 12.7. The summed E-state index contributed by atoms with van der Waals surface area (Å²) in [4.78, 5) is 36.9. The van der Waals surface area contributed by atoms with E-state index < -0.39 is 18.1 Å². The largest absolute Gasteiger partial charge is 0.544 e. The second-order valence-electron chi connectivity index (χ2n) is 16.3. The van der Waals surface area contributed by atoms with E-state index >= 15 is 0 Å². The van der Waals surface area contributed by atoms with Gasteiger partial charge in [-0.1, -0.05) is 150 Å². The molecule has 0 aromatic heterocycles. The van der Waals surface area contributed by atoms with Crippen molar-refractivity contribution in [3.63, 3.8) is 0 Å². The van der Waals surface area contributed by atoms with Crippen LogP contribution >= 0.6 is 0 Å². The summed E-state index contributed by atoms with van der Waals surface area (Å²) < 4.78 is 17.1. The van der Waals surface area contributed by atoms with Crippen LogP contribution in [0.5, 0.6) is 0 Å². The molecule has 0 aliphatic carbocycles. The number of unbranched alkanes of at least 4 members (excludes halogenated alkanes) is 13. The van der Waals surface area contributed by atoms with Crippen molar-refractivity contribution in [3.8, 4) is 0 Å². The van der Waals surface area contributed by atoms with Crippen molar-refractivity contribution in [1.82, 2.24) is 0 Å². The van der Waals surface area contributed by atoms with Gasteiger partial charge >= 0.3 is 11.9 Å². The second-order valence-corrected chi connectivity index (χ2v) is 16.3. The Morgan fingerprint density at radius 3 is 1.51 bits per heavy atom. The van der Waals surface area contributed by atoms with Crippen LogP contribution in [0.25, 0.3) is 0 Å². The molecule has 0 saturated heterocycles. The van der Waals surface area contributed by atoms with Crippen LogP contribution in [-0.4, -0.2) is 75.5 Å². The predicted molar refractivity (Wildman–Crippen MR) is 245 cm³/mol. The van der Waals surface area contributed by atoms with Gasteiger partial charge in [-0.2, -0.15) is 0 Å². The summed E-state index contributed by atoms with van der Waals surface area (Å²) in [6.45, 7) is 4.46. The molecular formula is C51H85NO7. The molecule has 0 rings (SSSR count). The molecule has 0 fully saturated rings. The average Bonchev–Trinajstić information content (AvgIpc) is 3.19. The number of carboxylic acids is 1. The number of likely N-dealkylation sites (N-methyl/N-ethyl adjacent to an activating group) is 1. The smallest absolute Gasteiger partial charge is 0.306 e. The second kappa shape index (κ2) is 41.3. The molecule has 0 spiro atoms. The zero-order valence-corrected chi connectivity index (χ0v) is 38.1. The zero-order valence-electron chi connectivity index (χ0n) is 38.1. The summed E-state index contributed by atoms with van der Waals surface area (Å²) in [5.74, 6) is -1.82. The number of hydrogen-bond acceptors (Lipinski definition) is 7. The van der Waals surface area contributed by atoms with Crippen molar-refractivity contribution in [3.05, 3.63) is 85.1 Å². The molecule has 8 heteroatoms. The van der Waals surface area contributed by atoms with E-state index in [1.54, 1.807) is 21.1 Å². The van der Waals surface area contributed by atoms with Crippen molar-refractivity contribution in [2.75, 3.05) is 41.0 Å². The van der Waals surface area contributed by atoms with Gasteiger partial charge in [0, 0.05) is 19.3 Å². The number of carbonyl (C=O) groups is 3. The number of hydrogen-bond donors (Lipinski definition) is 0. The summed E-state index contributed by atoms with van der Waals surface area (Å²) in [5, 5.41) is 11.6. The topological polar surface area (TPSA) is 102 Å². The third-order valence-electron chi connectivity index (χ3n) is 9.79. The first-order chi connectivity index (χ1) is 28.6. The molecule has 0 radical (unpaired) electrons. The standard InChI is InChI=1S/C51H85NO7/c1-6-8-10-12-14-16-18-20-22-24-25-26-28-30-32-34-36-38-40-42-50(54)59-47(45-57-44-43-48(51(55)56)52(3,4)5)46-58-49(53)41-39-37-35-33-31-29-27-23-21-19-17-15-13-11-9-7-2/h8,10,14,16,20,22-23,25-27,29-32,47-48H,6-7,9,11-13,15,17-19,21,24,28,33-46H2,1-5H3/b10-8+,16-14+,22-20+,26-25+,27-23+,31-29+,32-30+. The van der Waals surface area contributed by atoms with Gasteiger partial charge in [-0.25, -0.2) is 0 Å². The van der Waals surface area contributed by atoms with E-state index in [0.29, 0.717) is 12.8 Å². The van der Waals surface area contributed by atoms with Crippen LogP contribution in [0.1, 0.15) is 168 Å².